The predicted molar refractivity (Wildman–Crippen MR) is 80.3 cm³/mol. The molecule has 1 fully saturated rings. The Morgan fingerprint density at radius 2 is 2.05 bits per heavy atom. The predicted octanol–water partition coefficient (Wildman–Crippen LogP) is 0.0690. The van der Waals surface area contributed by atoms with Crippen molar-refractivity contribution in [3.8, 4) is 5.75 Å². The molecular weight excluding hydrogens is 286 g/mol. The van der Waals surface area contributed by atoms with Gasteiger partial charge in [0.15, 0.2) is 0 Å². The molecule has 1 amide bonds. The van der Waals surface area contributed by atoms with Crippen LogP contribution in [0.25, 0.3) is 0 Å². The number of aromatic nitrogens is 3. The molecule has 0 unspecified atom stereocenters. The lowest BCUT2D eigenvalue weighted by Gasteiger charge is -2.34. The lowest BCUT2D eigenvalue weighted by Crippen LogP contribution is -2.49. The fourth-order valence-electron chi connectivity index (χ4n) is 2.51. The smallest absolute Gasteiger partial charge is 0.259 e. The van der Waals surface area contributed by atoms with E-state index >= 15 is 0 Å². The van der Waals surface area contributed by atoms with E-state index in [-0.39, 0.29) is 11.5 Å². The molecule has 22 heavy (non-hydrogen) atoms. The van der Waals surface area contributed by atoms with Gasteiger partial charge in [-0.1, -0.05) is 0 Å². The molecule has 0 atom stereocenters. The van der Waals surface area contributed by atoms with Crippen molar-refractivity contribution >= 4 is 11.9 Å². The Morgan fingerprint density at radius 3 is 2.68 bits per heavy atom. The highest BCUT2D eigenvalue weighted by Crippen LogP contribution is 2.18. The Morgan fingerprint density at radius 1 is 1.27 bits per heavy atom. The van der Waals surface area contributed by atoms with E-state index < -0.39 is 0 Å². The Balaban J connectivity index is 1.71. The summed E-state index contributed by atoms with van der Waals surface area (Å²) in [4.78, 5) is 37.5. The standard InChI is InChI=1S/C14H17N5O3/c1-22-11-8-12(20)17-9-10(11)13(21)18-4-6-19(7-5-18)14-15-2-3-16-14/h2-3,8-9H,4-7H2,1H3,(H,15,16)(H,17,20). The average molecular weight is 303 g/mol. The van der Waals surface area contributed by atoms with Gasteiger partial charge in [0.25, 0.3) is 11.5 Å². The molecule has 3 heterocycles. The van der Waals surface area contributed by atoms with Crippen LogP contribution in [0.3, 0.4) is 0 Å². The zero-order valence-electron chi connectivity index (χ0n) is 12.2. The van der Waals surface area contributed by atoms with Crippen LogP contribution in [0.1, 0.15) is 10.4 Å². The van der Waals surface area contributed by atoms with Crippen molar-refractivity contribution in [1.82, 2.24) is 19.9 Å². The van der Waals surface area contributed by atoms with Gasteiger partial charge in [0, 0.05) is 50.8 Å². The molecule has 8 heteroatoms. The Hall–Kier alpha value is -2.77. The van der Waals surface area contributed by atoms with Gasteiger partial charge in [0.2, 0.25) is 5.95 Å². The fourth-order valence-corrected chi connectivity index (χ4v) is 2.51. The van der Waals surface area contributed by atoms with Gasteiger partial charge < -0.3 is 24.5 Å². The zero-order chi connectivity index (χ0) is 15.5. The summed E-state index contributed by atoms with van der Waals surface area (Å²) in [7, 11) is 1.44. The maximum atomic E-state index is 12.6. The van der Waals surface area contributed by atoms with Crippen LogP contribution in [0.5, 0.6) is 5.75 Å². The number of carbonyl (C=O) groups excluding carboxylic acids is 1. The third-order valence-corrected chi connectivity index (χ3v) is 3.69. The monoisotopic (exact) mass is 303 g/mol. The average Bonchev–Trinajstić information content (AvgIpc) is 3.08. The number of ether oxygens (including phenoxy) is 1. The number of amides is 1. The molecule has 0 bridgehead atoms. The lowest BCUT2D eigenvalue weighted by molar-refractivity contribution is 0.0742. The minimum atomic E-state index is -0.295. The highest BCUT2D eigenvalue weighted by atomic mass is 16.5. The van der Waals surface area contributed by atoms with Crippen molar-refractivity contribution in [3.63, 3.8) is 0 Å². The number of rotatable bonds is 3. The molecule has 2 aromatic heterocycles. The number of carbonyl (C=O) groups is 1. The molecule has 116 valence electrons. The topological polar surface area (TPSA) is 94.3 Å². The molecule has 2 aromatic rings. The number of H-pyrrole nitrogens is 2. The molecule has 1 saturated heterocycles. The molecule has 0 spiro atoms. The van der Waals surface area contributed by atoms with Crippen LogP contribution < -0.4 is 15.2 Å². The second kappa shape index (κ2) is 5.92. The van der Waals surface area contributed by atoms with Crippen molar-refractivity contribution in [1.29, 1.82) is 0 Å². The van der Waals surface area contributed by atoms with Crippen LogP contribution in [-0.4, -0.2) is 59.0 Å². The summed E-state index contributed by atoms with van der Waals surface area (Å²) in [5, 5.41) is 0. The van der Waals surface area contributed by atoms with Crippen molar-refractivity contribution < 1.29 is 9.53 Å². The summed E-state index contributed by atoms with van der Waals surface area (Å²) in [5.41, 5.74) is 0.0737. The minimum absolute atomic E-state index is 0.146. The third kappa shape index (κ3) is 2.67. The number of pyridine rings is 1. The van der Waals surface area contributed by atoms with Crippen molar-refractivity contribution in [2.45, 2.75) is 0 Å². The second-order valence-electron chi connectivity index (χ2n) is 4.97. The van der Waals surface area contributed by atoms with Crippen LogP contribution in [0.2, 0.25) is 0 Å². The molecule has 0 aliphatic carbocycles. The van der Waals surface area contributed by atoms with Gasteiger partial charge in [0.1, 0.15) is 5.75 Å². The van der Waals surface area contributed by atoms with E-state index in [1.54, 1.807) is 17.3 Å². The first-order chi connectivity index (χ1) is 10.7. The summed E-state index contributed by atoms with van der Waals surface area (Å²) in [6, 6.07) is 1.28. The van der Waals surface area contributed by atoms with Crippen LogP contribution >= 0.6 is 0 Å². The second-order valence-corrected chi connectivity index (χ2v) is 4.97. The lowest BCUT2D eigenvalue weighted by atomic mass is 10.2. The van der Waals surface area contributed by atoms with Crippen LogP contribution in [-0.2, 0) is 0 Å². The molecular formula is C14H17N5O3. The number of anilines is 1. The largest absolute Gasteiger partial charge is 0.496 e. The number of hydrogen-bond donors (Lipinski definition) is 2. The number of piperazine rings is 1. The number of aromatic amines is 2. The van der Waals surface area contributed by atoms with Gasteiger partial charge >= 0.3 is 0 Å². The third-order valence-electron chi connectivity index (χ3n) is 3.69. The van der Waals surface area contributed by atoms with E-state index in [0.29, 0.717) is 37.5 Å². The number of nitrogens with one attached hydrogen (secondary N) is 2. The highest BCUT2D eigenvalue weighted by Gasteiger charge is 2.25. The number of imidazole rings is 1. The van der Waals surface area contributed by atoms with Crippen LogP contribution in [0.4, 0.5) is 5.95 Å². The SMILES string of the molecule is COc1cc(=O)[nH]cc1C(=O)N1CCN(c2ncc[nH]2)CC1. The van der Waals surface area contributed by atoms with E-state index in [4.69, 9.17) is 4.74 Å². The normalized spacial score (nSPS) is 15.0. The molecule has 3 rings (SSSR count). The minimum Gasteiger partial charge on any atom is -0.496 e. The first kappa shape index (κ1) is 14.2. The van der Waals surface area contributed by atoms with Gasteiger partial charge in [-0.3, -0.25) is 9.59 Å². The van der Waals surface area contributed by atoms with Gasteiger partial charge in [-0.2, -0.15) is 0 Å². The highest BCUT2D eigenvalue weighted by molar-refractivity contribution is 5.96. The Kier molecular flexibility index (Phi) is 3.82. The van der Waals surface area contributed by atoms with Gasteiger partial charge in [0.05, 0.1) is 12.7 Å². The Bertz CT molecular complexity index is 702. The summed E-state index contributed by atoms with van der Waals surface area (Å²) in [6.07, 6.45) is 4.89. The Labute approximate surface area is 126 Å². The van der Waals surface area contributed by atoms with Gasteiger partial charge in [-0.25, -0.2) is 4.98 Å². The molecule has 1 aliphatic heterocycles. The molecule has 0 radical (unpaired) electrons. The van der Waals surface area contributed by atoms with Crippen LogP contribution in [0, 0.1) is 0 Å². The first-order valence-corrected chi connectivity index (χ1v) is 6.99. The van der Waals surface area contributed by atoms with Crippen LogP contribution in [0.15, 0.2) is 29.5 Å². The molecule has 0 saturated carbocycles. The maximum absolute atomic E-state index is 12.6. The fraction of sp³-hybridized carbons (Fsp3) is 0.357. The molecule has 8 nitrogen and oxygen atoms in total. The number of nitrogens with zero attached hydrogens (tertiary/aromatic N) is 3. The zero-order valence-corrected chi connectivity index (χ0v) is 12.2. The van der Waals surface area contributed by atoms with Crippen molar-refractivity contribution in [2.75, 3.05) is 38.2 Å². The van der Waals surface area contributed by atoms with E-state index in [0.717, 1.165) is 5.95 Å². The molecule has 1 aliphatic rings. The summed E-state index contributed by atoms with van der Waals surface area (Å²) in [6.45, 7) is 2.57. The summed E-state index contributed by atoms with van der Waals surface area (Å²) >= 11 is 0. The number of methoxy groups -OCH3 is 1. The quantitative estimate of drug-likeness (QED) is 0.837. The van der Waals surface area contributed by atoms with Crippen molar-refractivity contribution in [3.05, 3.63) is 40.6 Å². The van der Waals surface area contributed by atoms with E-state index in [1.165, 1.54) is 19.4 Å². The van der Waals surface area contributed by atoms with Crippen molar-refractivity contribution in [2.24, 2.45) is 0 Å². The van der Waals surface area contributed by atoms with Gasteiger partial charge in [-0.15, -0.1) is 0 Å². The number of hydrogen-bond acceptors (Lipinski definition) is 5. The maximum Gasteiger partial charge on any atom is 0.259 e. The van der Waals surface area contributed by atoms with E-state index in [2.05, 4.69) is 19.9 Å². The summed E-state index contributed by atoms with van der Waals surface area (Å²) < 4.78 is 5.13. The summed E-state index contributed by atoms with van der Waals surface area (Å²) in [5.74, 6) is 0.961. The van der Waals surface area contributed by atoms with Gasteiger partial charge in [-0.05, 0) is 0 Å². The van der Waals surface area contributed by atoms with E-state index in [9.17, 15) is 9.59 Å². The first-order valence-electron chi connectivity index (χ1n) is 6.99. The van der Waals surface area contributed by atoms with E-state index in [1.807, 2.05) is 0 Å². The molecule has 0 aromatic carbocycles. The molecule has 2 N–H and O–H groups in total.